The van der Waals surface area contributed by atoms with Crippen LogP contribution in [0.15, 0.2) is 47.2 Å². The summed E-state index contributed by atoms with van der Waals surface area (Å²) >= 11 is 0. The Balaban J connectivity index is 1.71. The highest BCUT2D eigenvalue weighted by Crippen LogP contribution is 2.11. The van der Waals surface area contributed by atoms with Crippen LogP contribution in [0.3, 0.4) is 0 Å². The summed E-state index contributed by atoms with van der Waals surface area (Å²) < 4.78 is 6.86. The van der Waals surface area contributed by atoms with Crippen molar-refractivity contribution in [3.05, 3.63) is 65.6 Å². The number of rotatable bonds is 5. The summed E-state index contributed by atoms with van der Waals surface area (Å²) in [4.78, 5) is 18.2. The molecule has 0 bridgehead atoms. The molecule has 7 nitrogen and oxygen atoms in total. The first kappa shape index (κ1) is 15.0. The molecule has 2 heterocycles. The van der Waals surface area contributed by atoms with E-state index in [0.29, 0.717) is 23.8 Å². The normalized spacial score (nSPS) is 10.7. The Morgan fingerprint density at radius 3 is 2.91 bits per heavy atom. The van der Waals surface area contributed by atoms with Crippen LogP contribution in [0, 0.1) is 6.92 Å². The third kappa shape index (κ3) is 3.63. The van der Waals surface area contributed by atoms with E-state index >= 15 is 0 Å². The molecule has 2 aromatic heterocycles. The number of aromatic nitrogens is 4. The molecule has 1 aromatic carbocycles. The van der Waals surface area contributed by atoms with Crippen molar-refractivity contribution < 1.29 is 9.32 Å². The fourth-order valence-electron chi connectivity index (χ4n) is 2.28. The predicted molar refractivity (Wildman–Crippen MR) is 82.6 cm³/mol. The highest BCUT2D eigenvalue weighted by atomic mass is 16.5. The lowest BCUT2D eigenvalue weighted by atomic mass is 10.1. The molecule has 0 spiro atoms. The Morgan fingerprint density at radius 1 is 1.35 bits per heavy atom. The summed E-state index contributed by atoms with van der Waals surface area (Å²) in [5, 5.41) is 7.90. The van der Waals surface area contributed by atoms with Crippen molar-refractivity contribution in [3.63, 3.8) is 0 Å². The van der Waals surface area contributed by atoms with E-state index in [1.807, 2.05) is 35.1 Å². The first-order valence-electron chi connectivity index (χ1n) is 7.23. The van der Waals surface area contributed by atoms with Gasteiger partial charge in [-0.2, -0.15) is 10.1 Å². The van der Waals surface area contributed by atoms with Gasteiger partial charge in [-0.15, -0.1) is 0 Å². The molecule has 3 aromatic rings. The van der Waals surface area contributed by atoms with Crippen molar-refractivity contribution in [3.8, 4) is 0 Å². The minimum Gasteiger partial charge on any atom is -0.337 e. The van der Waals surface area contributed by atoms with E-state index in [4.69, 9.17) is 4.52 Å². The summed E-state index contributed by atoms with van der Waals surface area (Å²) in [5.74, 6) is 0.885. The van der Waals surface area contributed by atoms with E-state index in [1.165, 1.54) is 0 Å². The van der Waals surface area contributed by atoms with Gasteiger partial charge in [0.2, 0.25) is 5.89 Å². The van der Waals surface area contributed by atoms with Crippen molar-refractivity contribution in [1.82, 2.24) is 24.8 Å². The first-order valence-corrected chi connectivity index (χ1v) is 7.23. The van der Waals surface area contributed by atoms with Gasteiger partial charge in [-0.1, -0.05) is 17.3 Å². The van der Waals surface area contributed by atoms with E-state index in [9.17, 15) is 4.79 Å². The van der Waals surface area contributed by atoms with E-state index in [0.717, 1.165) is 5.56 Å². The van der Waals surface area contributed by atoms with Crippen LogP contribution < -0.4 is 0 Å². The monoisotopic (exact) mass is 311 g/mol. The smallest absolute Gasteiger partial charge is 0.254 e. The second-order valence-corrected chi connectivity index (χ2v) is 5.30. The maximum Gasteiger partial charge on any atom is 0.254 e. The third-order valence-corrected chi connectivity index (χ3v) is 3.37. The lowest BCUT2D eigenvalue weighted by Gasteiger charge is -2.15. The number of benzene rings is 1. The number of hydrogen-bond donors (Lipinski definition) is 0. The van der Waals surface area contributed by atoms with E-state index < -0.39 is 0 Å². The van der Waals surface area contributed by atoms with Crippen LogP contribution in [0.2, 0.25) is 0 Å². The average molecular weight is 311 g/mol. The van der Waals surface area contributed by atoms with Crippen LogP contribution >= 0.6 is 0 Å². The van der Waals surface area contributed by atoms with Gasteiger partial charge >= 0.3 is 0 Å². The molecule has 23 heavy (non-hydrogen) atoms. The number of amides is 1. The van der Waals surface area contributed by atoms with Gasteiger partial charge in [0, 0.05) is 25.0 Å². The fourth-order valence-corrected chi connectivity index (χ4v) is 2.28. The summed E-state index contributed by atoms with van der Waals surface area (Å²) in [5.41, 5.74) is 1.63. The number of carbonyl (C=O) groups is 1. The van der Waals surface area contributed by atoms with Gasteiger partial charge in [0.15, 0.2) is 5.82 Å². The van der Waals surface area contributed by atoms with Gasteiger partial charge in [-0.05, 0) is 30.7 Å². The van der Waals surface area contributed by atoms with Crippen molar-refractivity contribution in [2.45, 2.75) is 20.0 Å². The molecule has 0 unspecified atom stereocenters. The quantitative estimate of drug-likeness (QED) is 0.719. The number of hydrogen-bond acceptors (Lipinski definition) is 5. The van der Waals surface area contributed by atoms with Crippen LogP contribution in [-0.2, 0) is 13.1 Å². The number of nitrogens with zero attached hydrogens (tertiary/aromatic N) is 5. The Hall–Kier alpha value is -2.96. The van der Waals surface area contributed by atoms with Crippen molar-refractivity contribution in [2.24, 2.45) is 0 Å². The summed E-state index contributed by atoms with van der Waals surface area (Å²) in [6, 6.07) is 9.38. The first-order chi connectivity index (χ1) is 11.1. The molecule has 3 rings (SSSR count). The second kappa shape index (κ2) is 6.43. The summed E-state index contributed by atoms with van der Waals surface area (Å²) in [6.45, 7) is 2.65. The lowest BCUT2D eigenvalue weighted by molar-refractivity contribution is 0.0769. The topological polar surface area (TPSA) is 77.0 Å². The molecule has 0 N–H and O–H groups in total. The molecule has 118 valence electrons. The molecule has 0 aliphatic heterocycles. The molecule has 0 saturated heterocycles. The second-order valence-electron chi connectivity index (χ2n) is 5.30. The zero-order valence-corrected chi connectivity index (χ0v) is 13.0. The van der Waals surface area contributed by atoms with Gasteiger partial charge in [0.25, 0.3) is 5.91 Å². The average Bonchev–Trinajstić information content (AvgIpc) is 3.18. The van der Waals surface area contributed by atoms with Crippen molar-refractivity contribution in [2.75, 3.05) is 7.05 Å². The largest absolute Gasteiger partial charge is 0.337 e. The third-order valence-electron chi connectivity index (χ3n) is 3.37. The highest BCUT2D eigenvalue weighted by molar-refractivity contribution is 5.94. The molecule has 0 aliphatic carbocycles. The highest BCUT2D eigenvalue weighted by Gasteiger charge is 2.15. The zero-order chi connectivity index (χ0) is 16.2. The molecule has 0 saturated carbocycles. The molecule has 0 aliphatic rings. The molecule has 7 heteroatoms. The molecular weight excluding hydrogens is 294 g/mol. The van der Waals surface area contributed by atoms with Crippen LogP contribution in [-0.4, -0.2) is 37.8 Å². The zero-order valence-electron chi connectivity index (χ0n) is 13.0. The predicted octanol–water partition coefficient (Wildman–Crippen LogP) is 1.90. The minimum atomic E-state index is -0.0943. The standard InChI is InChI=1S/C16H17N5O2/c1-12-18-15(23-19-12)11-20(2)16(22)14-6-3-5-13(9-14)10-21-8-4-7-17-21/h3-9H,10-11H2,1-2H3. The van der Waals surface area contributed by atoms with Crippen LogP contribution in [0.1, 0.15) is 27.6 Å². The van der Waals surface area contributed by atoms with E-state index in [1.54, 1.807) is 31.1 Å². The van der Waals surface area contributed by atoms with Gasteiger partial charge < -0.3 is 9.42 Å². The van der Waals surface area contributed by atoms with Crippen LogP contribution in [0.4, 0.5) is 0 Å². The van der Waals surface area contributed by atoms with Crippen molar-refractivity contribution in [1.29, 1.82) is 0 Å². The van der Waals surface area contributed by atoms with Gasteiger partial charge in [0.1, 0.15) is 0 Å². The maximum absolute atomic E-state index is 12.5. The lowest BCUT2D eigenvalue weighted by Crippen LogP contribution is -2.26. The summed E-state index contributed by atoms with van der Waals surface area (Å²) in [6.07, 6.45) is 3.62. The van der Waals surface area contributed by atoms with Gasteiger partial charge in [0.05, 0.1) is 13.1 Å². The maximum atomic E-state index is 12.5. The Labute approximate surface area is 133 Å². The van der Waals surface area contributed by atoms with Crippen molar-refractivity contribution >= 4 is 5.91 Å². The van der Waals surface area contributed by atoms with E-state index in [-0.39, 0.29) is 12.5 Å². The number of carbonyl (C=O) groups excluding carboxylic acids is 1. The Bertz CT molecular complexity index is 794. The number of aryl methyl sites for hydroxylation is 1. The molecule has 0 atom stereocenters. The Kier molecular flexibility index (Phi) is 4.18. The van der Waals surface area contributed by atoms with E-state index in [2.05, 4.69) is 15.2 Å². The van der Waals surface area contributed by atoms with Crippen LogP contribution in [0.25, 0.3) is 0 Å². The minimum absolute atomic E-state index is 0.0943. The molecule has 0 radical (unpaired) electrons. The van der Waals surface area contributed by atoms with Crippen LogP contribution in [0.5, 0.6) is 0 Å². The molecule has 1 amide bonds. The summed E-state index contributed by atoms with van der Waals surface area (Å²) in [7, 11) is 1.71. The fraction of sp³-hybridized carbons (Fsp3) is 0.250. The SMILES string of the molecule is Cc1noc(CN(C)C(=O)c2cccc(Cn3cccn3)c2)n1. The molecular formula is C16H17N5O2. The molecule has 0 fully saturated rings. The van der Waals surface area contributed by atoms with Gasteiger partial charge in [-0.3, -0.25) is 9.48 Å². The van der Waals surface area contributed by atoms with Gasteiger partial charge in [-0.25, -0.2) is 0 Å². The Morgan fingerprint density at radius 2 is 2.22 bits per heavy atom.